The highest BCUT2D eigenvalue weighted by atomic mass is 32.2. The molecule has 1 aliphatic rings. The molecule has 2 unspecified atom stereocenters. The van der Waals surface area contributed by atoms with Gasteiger partial charge in [-0.25, -0.2) is 4.79 Å². The normalized spacial score (nSPS) is 20.0. The van der Waals surface area contributed by atoms with Crippen LogP contribution in [0.5, 0.6) is 5.75 Å². The maximum absolute atomic E-state index is 12.0. The summed E-state index contributed by atoms with van der Waals surface area (Å²) >= 11 is 1.90. The van der Waals surface area contributed by atoms with Gasteiger partial charge in [0.2, 0.25) is 0 Å². The number of ether oxygens (including phenoxy) is 1. The van der Waals surface area contributed by atoms with E-state index in [-0.39, 0.29) is 12.6 Å². The first-order chi connectivity index (χ1) is 11.7. The summed E-state index contributed by atoms with van der Waals surface area (Å²) in [6.45, 7) is 0.898. The molecule has 1 saturated carbocycles. The van der Waals surface area contributed by atoms with Crippen LogP contribution in [0, 0.1) is 12.3 Å². The van der Waals surface area contributed by atoms with E-state index in [0.717, 1.165) is 30.6 Å². The standard InChI is InChI=1S/C19H26N2O2S/c1-3-13-23-17-9-7-15(8-10-17)11-12-20-19(22)21-16-5-4-6-18(14-16)24-2/h1,7-10,16,18H,4-6,11-14H2,2H3,(H2,20,21,22). The molecule has 4 nitrogen and oxygen atoms in total. The van der Waals surface area contributed by atoms with Gasteiger partial charge in [0.25, 0.3) is 0 Å². The fourth-order valence-electron chi connectivity index (χ4n) is 2.92. The molecule has 1 fully saturated rings. The van der Waals surface area contributed by atoms with Gasteiger partial charge in [-0.05, 0) is 49.6 Å². The van der Waals surface area contributed by atoms with Crippen molar-refractivity contribution in [1.29, 1.82) is 0 Å². The van der Waals surface area contributed by atoms with Crippen molar-refractivity contribution in [3.8, 4) is 18.1 Å². The van der Waals surface area contributed by atoms with E-state index in [1.165, 1.54) is 12.8 Å². The topological polar surface area (TPSA) is 50.4 Å². The van der Waals surface area contributed by atoms with Crippen LogP contribution in [-0.4, -0.2) is 36.7 Å². The van der Waals surface area contributed by atoms with Gasteiger partial charge in [0.05, 0.1) is 0 Å². The molecule has 1 aromatic carbocycles. The van der Waals surface area contributed by atoms with Crippen LogP contribution in [0.1, 0.15) is 31.2 Å². The van der Waals surface area contributed by atoms with E-state index in [4.69, 9.17) is 11.2 Å². The fourth-order valence-corrected chi connectivity index (χ4v) is 3.75. The Labute approximate surface area is 149 Å². The lowest BCUT2D eigenvalue weighted by Gasteiger charge is -2.28. The number of urea groups is 1. The summed E-state index contributed by atoms with van der Waals surface area (Å²) in [5.41, 5.74) is 1.16. The first kappa shape index (κ1) is 18.5. The number of terminal acetylenes is 1. The molecule has 0 spiro atoms. The van der Waals surface area contributed by atoms with Crippen LogP contribution in [-0.2, 0) is 6.42 Å². The predicted molar refractivity (Wildman–Crippen MR) is 101 cm³/mol. The van der Waals surface area contributed by atoms with E-state index in [2.05, 4.69) is 22.8 Å². The zero-order valence-electron chi connectivity index (χ0n) is 14.2. The number of carbonyl (C=O) groups excluding carboxylic acids is 1. The van der Waals surface area contributed by atoms with E-state index in [9.17, 15) is 4.79 Å². The van der Waals surface area contributed by atoms with Gasteiger partial charge in [-0.15, -0.1) is 6.42 Å². The van der Waals surface area contributed by atoms with Crippen LogP contribution < -0.4 is 15.4 Å². The summed E-state index contributed by atoms with van der Waals surface area (Å²) < 4.78 is 5.34. The smallest absolute Gasteiger partial charge is 0.315 e. The maximum atomic E-state index is 12.0. The summed E-state index contributed by atoms with van der Waals surface area (Å²) in [7, 11) is 0. The fraction of sp³-hybridized carbons (Fsp3) is 0.526. The van der Waals surface area contributed by atoms with Crippen molar-refractivity contribution >= 4 is 17.8 Å². The minimum Gasteiger partial charge on any atom is -0.481 e. The third-order valence-corrected chi connectivity index (χ3v) is 5.33. The first-order valence-corrected chi connectivity index (χ1v) is 9.72. The molecule has 0 saturated heterocycles. The number of hydrogen-bond donors (Lipinski definition) is 2. The highest BCUT2D eigenvalue weighted by Gasteiger charge is 2.22. The van der Waals surface area contributed by atoms with Gasteiger partial charge < -0.3 is 15.4 Å². The van der Waals surface area contributed by atoms with Crippen molar-refractivity contribution in [1.82, 2.24) is 10.6 Å². The predicted octanol–water partition coefficient (Wildman–Crippen LogP) is 3.21. The molecule has 0 bridgehead atoms. The van der Waals surface area contributed by atoms with E-state index < -0.39 is 0 Å². The molecule has 5 heteroatoms. The Morgan fingerprint density at radius 1 is 1.38 bits per heavy atom. The molecule has 24 heavy (non-hydrogen) atoms. The van der Waals surface area contributed by atoms with Crippen molar-refractivity contribution in [3.05, 3.63) is 29.8 Å². The second-order valence-corrected chi connectivity index (χ2v) is 7.15. The molecule has 2 rings (SSSR count). The molecular weight excluding hydrogens is 320 g/mol. The molecule has 2 atom stereocenters. The summed E-state index contributed by atoms with van der Waals surface area (Å²) in [6, 6.07) is 8.04. The molecular formula is C19H26N2O2S. The van der Waals surface area contributed by atoms with Gasteiger partial charge in [0, 0.05) is 17.8 Å². The Morgan fingerprint density at radius 2 is 2.17 bits per heavy atom. The largest absolute Gasteiger partial charge is 0.481 e. The zero-order chi connectivity index (χ0) is 17.2. The number of hydrogen-bond acceptors (Lipinski definition) is 3. The lowest BCUT2D eigenvalue weighted by atomic mass is 9.95. The molecule has 1 aromatic rings. The quantitative estimate of drug-likeness (QED) is 0.746. The lowest BCUT2D eigenvalue weighted by molar-refractivity contribution is 0.233. The average molecular weight is 346 g/mol. The van der Waals surface area contributed by atoms with Crippen LogP contribution in [0.15, 0.2) is 24.3 Å². The molecule has 2 N–H and O–H groups in total. The SMILES string of the molecule is C#CCOc1ccc(CCNC(=O)NC2CCCC(SC)C2)cc1. The Bertz CT molecular complexity index is 553. The number of benzene rings is 1. The molecule has 0 heterocycles. The Kier molecular flexibility index (Phi) is 7.84. The van der Waals surface area contributed by atoms with Crippen LogP contribution in [0.25, 0.3) is 0 Å². The van der Waals surface area contributed by atoms with Gasteiger partial charge in [-0.1, -0.05) is 24.5 Å². The van der Waals surface area contributed by atoms with Gasteiger partial charge in [-0.2, -0.15) is 11.8 Å². The number of amides is 2. The maximum Gasteiger partial charge on any atom is 0.315 e. The van der Waals surface area contributed by atoms with Crippen LogP contribution in [0.3, 0.4) is 0 Å². The van der Waals surface area contributed by atoms with Gasteiger partial charge in [-0.3, -0.25) is 0 Å². The second kappa shape index (κ2) is 10.1. The highest BCUT2D eigenvalue weighted by molar-refractivity contribution is 7.99. The van der Waals surface area contributed by atoms with E-state index in [1.54, 1.807) is 0 Å². The zero-order valence-corrected chi connectivity index (χ0v) is 15.0. The summed E-state index contributed by atoms with van der Waals surface area (Å²) in [6.07, 6.45) is 12.7. The van der Waals surface area contributed by atoms with Crippen molar-refractivity contribution < 1.29 is 9.53 Å². The monoisotopic (exact) mass is 346 g/mol. The Morgan fingerprint density at radius 3 is 2.88 bits per heavy atom. The molecule has 2 amide bonds. The van der Waals surface area contributed by atoms with E-state index in [1.807, 2.05) is 36.0 Å². The molecule has 130 valence electrons. The van der Waals surface area contributed by atoms with Crippen molar-refractivity contribution in [2.45, 2.75) is 43.4 Å². The van der Waals surface area contributed by atoms with Gasteiger partial charge in [0.15, 0.2) is 0 Å². The minimum atomic E-state index is -0.0595. The van der Waals surface area contributed by atoms with E-state index >= 15 is 0 Å². The number of nitrogens with one attached hydrogen (secondary N) is 2. The molecule has 0 aliphatic heterocycles. The summed E-state index contributed by atoms with van der Waals surface area (Å²) in [5, 5.41) is 6.72. The number of carbonyl (C=O) groups is 1. The van der Waals surface area contributed by atoms with E-state index in [0.29, 0.717) is 17.8 Å². The van der Waals surface area contributed by atoms with Crippen molar-refractivity contribution in [2.24, 2.45) is 0 Å². The van der Waals surface area contributed by atoms with Gasteiger partial charge >= 0.3 is 6.03 Å². The molecule has 1 aliphatic carbocycles. The Hall–Kier alpha value is -1.80. The van der Waals surface area contributed by atoms with Gasteiger partial charge in [0.1, 0.15) is 12.4 Å². The minimum absolute atomic E-state index is 0.0595. The van der Waals surface area contributed by atoms with Crippen LogP contribution in [0.4, 0.5) is 4.79 Å². The first-order valence-electron chi connectivity index (χ1n) is 8.43. The Balaban J connectivity index is 1.66. The second-order valence-electron chi connectivity index (χ2n) is 6.01. The van der Waals surface area contributed by atoms with Crippen molar-refractivity contribution in [3.63, 3.8) is 0 Å². The van der Waals surface area contributed by atoms with Crippen LogP contribution >= 0.6 is 11.8 Å². The summed E-state index contributed by atoms with van der Waals surface area (Å²) in [4.78, 5) is 12.0. The molecule has 0 aromatic heterocycles. The number of rotatable bonds is 7. The summed E-state index contributed by atoms with van der Waals surface area (Å²) in [5.74, 6) is 3.21. The highest BCUT2D eigenvalue weighted by Crippen LogP contribution is 2.26. The third kappa shape index (κ3) is 6.37. The van der Waals surface area contributed by atoms with Crippen LogP contribution in [0.2, 0.25) is 0 Å². The number of thioether (sulfide) groups is 1. The average Bonchev–Trinajstić information content (AvgIpc) is 2.61. The van der Waals surface area contributed by atoms with Crippen molar-refractivity contribution in [2.75, 3.05) is 19.4 Å². The molecule has 0 radical (unpaired) electrons. The lowest BCUT2D eigenvalue weighted by Crippen LogP contribution is -2.45. The third-order valence-electron chi connectivity index (χ3n) is 4.24.